The fourth-order valence-corrected chi connectivity index (χ4v) is 1.77. The molecule has 0 saturated heterocycles. The van der Waals surface area contributed by atoms with Gasteiger partial charge in [0.1, 0.15) is 0 Å². The van der Waals surface area contributed by atoms with Crippen LogP contribution in [0.3, 0.4) is 0 Å². The van der Waals surface area contributed by atoms with Gasteiger partial charge in [0.05, 0.1) is 6.04 Å². The summed E-state index contributed by atoms with van der Waals surface area (Å²) in [5, 5.41) is 0. The average molecular weight is 210 g/mol. The first kappa shape index (κ1) is 12.2. The summed E-state index contributed by atoms with van der Waals surface area (Å²) in [4.78, 5) is 13.9. The van der Waals surface area contributed by atoms with E-state index in [0.29, 0.717) is 18.5 Å². The molecule has 1 aliphatic carbocycles. The minimum atomic E-state index is -0.342. The standard InChI is InChI=1S/C12H22N2O/c1-4-7-14(10-5-6-10)12(15)11(13)8-9(2)3/h4,9-11H,1,5-8,13H2,2-3H3. The molecule has 3 heteroatoms. The third-order valence-corrected chi connectivity index (χ3v) is 2.64. The van der Waals surface area contributed by atoms with E-state index in [0.717, 1.165) is 19.3 Å². The lowest BCUT2D eigenvalue weighted by atomic mass is 10.0. The van der Waals surface area contributed by atoms with Crippen LogP contribution in [-0.4, -0.2) is 29.4 Å². The highest BCUT2D eigenvalue weighted by molar-refractivity contribution is 5.82. The zero-order valence-corrected chi connectivity index (χ0v) is 9.78. The third-order valence-electron chi connectivity index (χ3n) is 2.64. The zero-order valence-electron chi connectivity index (χ0n) is 9.78. The first-order valence-electron chi connectivity index (χ1n) is 5.73. The second kappa shape index (κ2) is 5.31. The summed E-state index contributed by atoms with van der Waals surface area (Å²) in [5.74, 6) is 0.555. The maximum Gasteiger partial charge on any atom is 0.240 e. The van der Waals surface area contributed by atoms with E-state index in [2.05, 4.69) is 20.4 Å². The van der Waals surface area contributed by atoms with Crippen LogP contribution < -0.4 is 5.73 Å². The molecule has 15 heavy (non-hydrogen) atoms. The second-order valence-electron chi connectivity index (χ2n) is 4.75. The largest absolute Gasteiger partial charge is 0.335 e. The molecule has 1 aliphatic rings. The van der Waals surface area contributed by atoms with Crippen molar-refractivity contribution in [2.24, 2.45) is 11.7 Å². The second-order valence-corrected chi connectivity index (χ2v) is 4.75. The smallest absolute Gasteiger partial charge is 0.240 e. The molecule has 1 amide bonds. The van der Waals surface area contributed by atoms with Crippen molar-refractivity contribution in [1.29, 1.82) is 0 Å². The summed E-state index contributed by atoms with van der Waals surface area (Å²) in [5.41, 5.74) is 5.89. The van der Waals surface area contributed by atoms with Crippen molar-refractivity contribution in [2.45, 2.75) is 45.2 Å². The van der Waals surface area contributed by atoms with Crippen molar-refractivity contribution < 1.29 is 4.79 Å². The van der Waals surface area contributed by atoms with E-state index in [1.807, 2.05) is 4.90 Å². The van der Waals surface area contributed by atoms with E-state index in [1.54, 1.807) is 6.08 Å². The Labute approximate surface area is 92.3 Å². The van der Waals surface area contributed by atoms with Gasteiger partial charge in [-0.1, -0.05) is 19.9 Å². The van der Waals surface area contributed by atoms with Crippen molar-refractivity contribution in [3.05, 3.63) is 12.7 Å². The summed E-state index contributed by atoms with van der Waals surface area (Å²) in [7, 11) is 0. The molecular formula is C12H22N2O. The molecular weight excluding hydrogens is 188 g/mol. The average Bonchev–Trinajstić information content (AvgIpc) is 2.95. The first-order chi connectivity index (χ1) is 7.06. The van der Waals surface area contributed by atoms with Gasteiger partial charge in [-0.3, -0.25) is 4.79 Å². The molecule has 1 saturated carbocycles. The molecule has 0 radical (unpaired) electrons. The number of amides is 1. The zero-order chi connectivity index (χ0) is 11.4. The van der Waals surface area contributed by atoms with Crippen molar-refractivity contribution in [2.75, 3.05) is 6.54 Å². The Kier molecular flexibility index (Phi) is 4.33. The molecule has 1 atom stereocenters. The van der Waals surface area contributed by atoms with Gasteiger partial charge in [-0.15, -0.1) is 6.58 Å². The van der Waals surface area contributed by atoms with E-state index >= 15 is 0 Å². The van der Waals surface area contributed by atoms with Crippen LogP contribution in [0.1, 0.15) is 33.1 Å². The minimum absolute atomic E-state index is 0.0890. The molecule has 86 valence electrons. The summed E-state index contributed by atoms with van der Waals surface area (Å²) in [6.07, 6.45) is 4.78. The first-order valence-corrected chi connectivity index (χ1v) is 5.73. The molecule has 0 spiro atoms. The number of nitrogens with two attached hydrogens (primary N) is 1. The van der Waals surface area contributed by atoms with Crippen LogP contribution in [0.2, 0.25) is 0 Å². The molecule has 1 unspecified atom stereocenters. The fraction of sp³-hybridized carbons (Fsp3) is 0.750. The highest BCUT2D eigenvalue weighted by atomic mass is 16.2. The molecule has 0 aliphatic heterocycles. The predicted octanol–water partition coefficient (Wildman–Crippen LogP) is 1.54. The van der Waals surface area contributed by atoms with E-state index in [4.69, 9.17) is 5.73 Å². The van der Waals surface area contributed by atoms with Gasteiger partial charge in [0, 0.05) is 12.6 Å². The molecule has 0 aromatic heterocycles. The van der Waals surface area contributed by atoms with Crippen LogP contribution in [0.5, 0.6) is 0 Å². The Morgan fingerprint density at radius 3 is 2.60 bits per heavy atom. The predicted molar refractivity (Wildman–Crippen MR) is 62.4 cm³/mol. The normalized spacial score (nSPS) is 17.6. The Bertz CT molecular complexity index is 234. The van der Waals surface area contributed by atoms with Gasteiger partial charge < -0.3 is 10.6 Å². The van der Waals surface area contributed by atoms with E-state index in [-0.39, 0.29) is 11.9 Å². The van der Waals surface area contributed by atoms with E-state index < -0.39 is 0 Å². The molecule has 0 bridgehead atoms. The quantitative estimate of drug-likeness (QED) is 0.676. The Morgan fingerprint density at radius 1 is 1.60 bits per heavy atom. The number of hydrogen-bond acceptors (Lipinski definition) is 2. The van der Waals surface area contributed by atoms with Crippen LogP contribution in [0, 0.1) is 5.92 Å². The van der Waals surface area contributed by atoms with Crippen molar-refractivity contribution in [3.8, 4) is 0 Å². The lowest BCUT2D eigenvalue weighted by Gasteiger charge is -2.25. The van der Waals surface area contributed by atoms with Gasteiger partial charge in [-0.25, -0.2) is 0 Å². The van der Waals surface area contributed by atoms with Gasteiger partial charge >= 0.3 is 0 Å². The fourth-order valence-electron chi connectivity index (χ4n) is 1.77. The van der Waals surface area contributed by atoms with Gasteiger partial charge in [0.15, 0.2) is 0 Å². The summed E-state index contributed by atoms with van der Waals surface area (Å²) < 4.78 is 0. The number of carbonyl (C=O) groups is 1. The highest BCUT2D eigenvalue weighted by Crippen LogP contribution is 2.27. The van der Waals surface area contributed by atoms with Gasteiger partial charge in [0.2, 0.25) is 5.91 Å². The Balaban J connectivity index is 2.50. The van der Waals surface area contributed by atoms with Crippen molar-refractivity contribution in [3.63, 3.8) is 0 Å². The van der Waals surface area contributed by atoms with Crippen LogP contribution in [0.4, 0.5) is 0 Å². The molecule has 0 aromatic rings. The van der Waals surface area contributed by atoms with Crippen molar-refractivity contribution in [1.82, 2.24) is 4.90 Å². The number of rotatable bonds is 6. The lowest BCUT2D eigenvalue weighted by molar-refractivity contribution is -0.133. The van der Waals surface area contributed by atoms with E-state index in [1.165, 1.54) is 0 Å². The number of carbonyl (C=O) groups excluding carboxylic acids is 1. The SMILES string of the molecule is C=CCN(C(=O)C(N)CC(C)C)C1CC1. The lowest BCUT2D eigenvalue weighted by Crippen LogP contribution is -2.45. The van der Waals surface area contributed by atoms with Crippen molar-refractivity contribution >= 4 is 5.91 Å². The molecule has 1 fully saturated rings. The van der Waals surface area contributed by atoms with Crippen LogP contribution >= 0.6 is 0 Å². The number of hydrogen-bond donors (Lipinski definition) is 1. The maximum atomic E-state index is 12.0. The molecule has 0 heterocycles. The topological polar surface area (TPSA) is 46.3 Å². The Hall–Kier alpha value is -0.830. The highest BCUT2D eigenvalue weighted by Gasteiger charge is 2.33. The van der Waals surface area contributed by atoms with Gasteiger partial charge in [-0.2, -0.15) is 0 Å². The molecule has 0 aromatic carbocycles. The third kappa shape index (κ3) is 3.67. The van der Waals surface area contributed by atoms with Crippen LogP contribution in [0.25, 0.3) is 0 Å². The molecule has 2 N–H and O–H groups in total. The van der Waals surface area contributed by atoms with Crippen LogP contribution in [0.15, 0.2) is 12.7 Å². The molecule has 1 rings (SSSR count). The van der Waals surface area contributed by atoms with E-state index in [9.17, 15) is 4.79 Å². The van der Waals surface area contributed by atoms with Gasteiger partial charge in [0.25, 0.3) is 0 Å². The summed E-state index contributed by atoms with van der Waals surface area (Å²) >= 11 is 0. The van der Waals surface area contributed by atoms with Crippen LogP contribution in [-0.2, 0) is 4.79 Å². The Morgan fingerprint density at radius 2 is 2.20 bits per heavy atom. The minimum Gasteiger partial charge on any atom is -0.335 e. The molecule has 3 nitrogen and oxygen atoms in total. The summed E-state index contributed by atoms with van der Waals surface area (Å²) in [6, 6.07) is 0.0827. The summed E-state index contributed by atoms with van der Waals surface area (Å²) in [6.45, 7) is 8.48. The maximum absolute atomic E-state index is 12.0. The number of nitrogens with zero attached hydrogens (tertiary/aromatic N) is 1. The monoisotopic (exact) mass is 210 g/mol. The van der Waals surface area contributed by atoms with Gasteiger partial charge in [-0.05, 0) is 25.2 Å².